The van der Waals surface area contributed by atoms with Crippen LogP contribution in [0.5, 0.6) is 0 Å². The van der Waals surface area contributed by atoms with Crippen LogP contribution in [0.1, 0.15) is 23.0 Å². The first-order valence-corrected chi connectivity index (χ1v) is 6.68. The van der Waals surface area contributed by atoms with Crippen LogP contribution in [0.4, 0.5) is 0 Å². The highest BCUT2D eigenvalue weighted by atomic mass is 79.9. The van der Waals surface area contributed by atoms with Gasteiger partial charge in [0.1, 0.15) is 0 Å². The summed E-state index contributed by atoms with van der Waals surface area (Å²) in [7, 11) is 1.96. The van der Waals surface area contributed by atoms with Crippen molar-refractivity contribution in [1.82, 2.24) is 15.3 Å². The van der Waals surface area contributed by atoms with E-state index in [9.17, 15) is 0 Å². The van der Waals surface area contributed by atoms with Gasteiger partial charge in [-0.15, -0.1) is 0 Å². The molecule has 2 rings (SSSR count). The fraction of sp³-hybridized carbons (Fsp3) is 0.286. The molecule has 1 unspecified atom stereocenters. The van der Waals surface area contributed by atoms with Crippen molar-refractivity contribution >= 4 is 15.9 Å². The lowest BCUT2D eigenvalue weighted by Gasteiger charge is -2.16. The highest BCUT2D eigenvalue weighted by Crippen LogP contribution is 2.17. The van der Waals surface area contributed by atoms with Crippen LogP contribution in [-0.4, -0.2) is 17.0 Å². The molecule has 0 saturated heterocycles. The minimum Gasteiger partial charge on any atom is -0.313 e. The molecule has 0 amide bonds. The number of hydrogen-bond acceptors (Lipinski definition) is 3. The monoisotopic (exact) mass is 305 g/mol. The summed E-state index contributed by atoms with van der Waals surface area (Å²) in [6.07, 6.45) is 4.61. The van der Waals surface area contributed by atoms with E-state index in [0.29, 0.717) is 0 Å². The Morgan fingerprint density at radius 3 is 2.56 bits per heavy atom. The molecule has 0 bridgehead atoms. The van der Waals surface area contributed by atoms with Gasteiger partial charge in [0, 0.05) is 40.7 Å². The maximum absolute atomic E-state index is 4.40. The van der Waals surface area contributed by atoms with Gasteiger partial charge in [0.2, 0.25) is 0 Å². The first-order valence-electron chi connectivity index (χ1n) is 5.89. The van der Waals surface area contributed by atoms with Gasteiger partial charge in [-0.1, -0.05) is 6.07 Å². The summed E-state index contributed by atoms with van der Waals surface area (Å²) in [4.78, 5) is 8.74. The average molecular weight is 306 g/mol. The lowest BCUT2D eigenvalue weighted by atomic mass is 10.0. The second kappa shape index (κ2) is 6.07. The SMILES string of the molecule is CNC(Cc1ccc(Br)cn1)c1ccc(C)nc1. The van der Waals surface area contributed by atoms with Gasteiger partial charge in [0.05, 0.1) is 0 Å². The van der Waals surface area contributed by atoms with Gasteiger partial charge < -0.3 is 5.32 Å². The molecular formula is C14H16BrN3. The lowest BCUT2D eigenvalue weighted by Crippen LogP contribution is -2.19. The Morgan fingerprint density at radius 2 is 2.00 bits per heavy atom. The summed E-state index contributed by atoms with van der Waals surface area (Å²) in [5.74, 6) is 0. The first-order chi connectivity index (χ1) is 8.69. The summed E-state index contributed by atoms with van der Waals surface area (Å²) < 4.78 is 1.00. The minimum atomic E-state index is 0.242. The van der Waals surface area contributed by atoms with Crippen molar-refractivity contribution < 1.29 is 0 Å². The standard InChI is InChI=1S/C14H16BrN3/c1-10-3-4-11(8-17-10)14(16-2)7-13-6-5-12(15)9-18-13/h3-6,8-9,14,16H,7H2,1-2H3. The van der Waals surface area contributed by atoms with Gasteiger partial charge >= 0.3 is 0 Å². The van der Waals surface area contributed by atoms with Crippen LogP contribution >= 0.6 is 15.9 Å². The van der Waals surface area contributed by atoms with Crippen LogP contribution in [0.3, 0.4) is 0 Å². The predicted octanol–water partition coefficient (Wildman–Crippen LogP) is 3.05. The van der Waals surface area contributed by atoms with Crippen LogP contribution < -0.4 is 5.32 Å². The quantitative estimate of drug-likeness (QED) is 0.943. The lowest BCUT2D eigenvalue weighted by molar-refractivity contribution is 0.582. The van der Waals surface area contributed by atoms with Crippen LogP contribution in [0.25, 0.3) is 0 Å². The highest BCUT2D eigenvalue weighted by molar-refractivity contribution is 9.10. The van der Waals surface area contributed by atoms with E-state index >= 15 is 0 Å². The van der Waals surface area contributed by atoms with E-state index in [1.54, 1.807) is 0 Å². The molecule has 94 valence electrons. The van der Waals surface area contributed by atoms with E-state index < -0.39 is 0 Å². The molecule has 0 saturated carbocycles. The maximum Gasteiger partial charge on any atom is 0.0423 e. The Hall–Kier alpha value is -1.26. The van der Waals surface area contributed by atoms with Crippen molar-refractivity contribution in [3.05, 3.63) is 58.1 Å². The molecule has 1 N–H and O–H groups in total. The molecule has 2 aromatic rings. The molecule has 0 aliphatic carbocycles. The number of rotatable bonds is 4. The zero-order chi connectivity index (χ0) is 13.0. The van der Waals surface area contributed by atoms with Crippen LogP contribution in [0, 0.1) is 6.92 Å². The molecule has 18 heavy (non-hydrogen) atoms. The van der Waals surface area contributed by atoms with E-state index in [0.717, 1.165) is 22.3 Å². The molecule has 2 aromatic heterocycles. The Morgan fingerprint density at radius 1 is 1.17 bits per heavy atom. The van der Waals surface area contributed by atoms with E-state index in [1.165, 1.54) is 5.56 Å². The summed E-state index contributed by atoms with van der Waals surface area (Å²) in [5, 5.41) is 3.31. The van der Waals surface area contributed by atoms with E-state index in [1.807, 2.05) is 44.6 Å². The summed E-state index contributed by atoms with van der Waals surface area (Å²) in [6.45, 7) is 1.99. The Kier molecular flexibility index (Phi) is 4.44. The zero-order valence-corrected chi connectivity index (χ0v) is 12.1. The smallest absolute Gasteiger partial charge is 0.0423 e. The van der Waals surface area contributed by atoms with Crippen LogP contribution in [0.2, 0.25) is 0 Å². The number of nitrogens with zero attached hydrogens (tertiary/aromatic N) is 2. The molecule has 0 aliphatic heterocycles. The Bertz CT molecular complexity index is 493. The van der Waals surface area contributed by atoms with Crippen molar-refractivity contribution in [3.8, 4) is 0 Å². The number of nitrogens with one attached hydrogen (secondary N) is 1. The Balaban J connectivity index is 2.14. The van der Waals surface area contributed by atoms with E-state index in [-0.39, 0.29) is 6.04 Å². The van der Waals surface area contributed by atoms with E-state index in [2.05, 4.69) is 37.3 Å². The van der Waals surface area contributed by atoms with Gasteiger partial charge in [-0.25, -0.2) is 0 Å². The second-order valence-corrected chi connectivity index (χ2v) is 5.16. The third-order valence-electron chi connectivity index (χ3n) is 2.89. The van der Waals surface area contributed by atoms with Gasteiger partial charge in [0.15, 0.2) is 0 Å². The summed E-state index contributed by atoms with van der Waals surface area (Å²) >= 11 is 3.39. The molecule has 1 atom stereocenters. The molecule has 3 nitrogen and oxygen atoms in total. The molecule has 0 spiro atoms. The van der Waals surface area contributed by atoms with Crippen LogP contribution in [-0.2, 0) is 6.42 Å². The molecular weight excluding hydrogens is 290 g/mol. The van der Waals surface area contributed by atoms with Gasteiger partial charge in [0.25, 0.3) is 0 Å². The average Bonchev–Trinajstić information content (AvgIpc) is 2.39. The number of likely N-dealkylation sites (N-methyl/N-ethyl adjacent to an activating group) is 1. The molecule has 0 aliphatic rings. The fourth-order valence-corrected chi connectivity index (χ4v) is 2.04. The van der Waals surface area contributed by atoms with Crippen molar-refractivity contribution in [2.24, 2.45) is 0 Å². The molecule has 0 radical (unpaired) electrons. The molecule has 0 aromatic carbocycles. The number of halogens is 1. The topological polar surface area (TPSA) is 37.8 Å². The first kappa shape index (κ1) is 13.2. The van der Waals surface area contributed by atoms with Crippen molar-refractivity contribution in [3.63, 3.8) is 0 Å². The van der Waals surface area contributed by atoms with Crippen molar-refractivity contribution in [2.45, 2.75) is 19.4 Å². The summed E-state index contributed by atoms with van der Waals surface area (Å²) in [5.41, 5.74) is 3.29. The minimum absolute atomic E-state index is 0.242. The van der Waals surface area contributed by atoms with Gasteiger partial charge in [-0.05, 0) is 53.7 Å². The maximum atomic E-state index is 4.40. The van der Waals surface area contributed by atoms with Crippen LogP contribution in [0.15, 0.2) is 41.1 Å². The largest absolute Gasteiger partial charge is 0.313 e. The van der Waals surface area contributed by atoms with Crippen molar-refractivity contribution in [1.29, 1.82) is 0 Å². The number of aromatic nitrogens is 2. The normalized spacial score (nSPS) is 12.4. The summed E-state index contributed by atoms with van der Waals surface area (Å²) in [6, 6.07) is 8.45. The highest BCUT2D eigenvalue weighted by Gasteiger charge is 2.11. The number of pyridine rings is 2. The van der Waals surface area contributed by atoms with Gasteiger partial charge in [-0.2, -0.15) is 0 Å². The Labute approximate surface area is 116 Å². The predicted molar refractivity (Wildman–Crippen MR) is 76.4 cm³/mol. The number of hydrogen-bond donors (Lipinski definition) is 1. The third-order valence-corrected chi connectivity index (χ3v) is 3.36. The third kappa shape index (κ3) is 3.37. The fourth-order valence-electron chi connectivity index (χ4n) is 1.81. The zero-order valence-electron chi connectivity index (χ0n) is 10.5. The van der Waals surface area contributed by atoms with Crippen molar-refractivity contribution in [2.75, 3.05) is 7.05 Å². The molecule has 2 heterocycles. The number of aryl methyl sites for hydroxylation is 1. The molecule has 0 fully saturated rings. The van der Waals surface area contributed by atoms with E-state index in [4.69, 9.17) is 0 Å². The second-order valence-electron chi connectivity index (χ2n) is 4.25. The van der Waals surface area contributed by atoms with Gasteiger partial charge in [-0.3, -0.25) is 9.97 Å². The molecule has 4 heteroatoms.